The Balaban J connectivity index is 0.000000194. The van der Waals surface area contributed by atoms with Gasteiger partial charge in [0.1, 0.15) is 0 Å². The number of nitrogens with zero attached hydrogens (tertiary/aromatic N) is 3. The van der Waals surface area contributed by atoms with Crippen molar-refractivity contribution < 1.29 is 24.5 Å². The van der Waals surface area contributed by atoms with Crippen LogP contribution < -0.4 is 4.40 Å². The van der Waals surface area contributed by atoms with Crippen LogP contribution >= 0.6 is 0 Å². The minimum Gasteiger partial charge on any atom is -0.486 e. The standard InChI is InChI=1S/C24H23N2O.C19H26GeN.Ir/c1-16(17-7-3-2-4-8-17)18-12-14-25-22(15-18)21-10-5-9-19-20-11-6-13-26-24(20)27-23(19)21;1-19(2,3)13-16-12-18(15-10-8-7-9-11-15)21-14-17(16)20(4,5)6;/h5-6,9,11-17H,2-4,7-8H2,1H3;7-10,12,14H,13H2,1-6H3;/q2*-1;. The summed E-state index contributed by atoms with van der Waals surface area (Å²) in [5, 5.41) is 2.11. The molecule has 1 aliphatic carbocycles. The normalized spacial score (nSPS) is 14.6. The number of fused-ring (bicyclic) bond motifs is 3. The topological polar surface area (TPSA) is 51.8 Å². The molecule has 1 saturated carbocycles. The fraction of sp³-hybridized carbons (Fsp3) is 0.372. The van der Waals surface area contributed by atoms with E-state index in [1.54, 1.807) is 6.20 Å². The average molecular weight is 889 g/mol. The van der Waals surface area contributed by atoms with Crippen LogP contribution in [0.25, 0.3) is 44.6 Å². The van der Waals surface area contributed by atoms with Gasteiger partial charge in [-0.3, -0.25) is 0 Å². The summed E-state index contributed by atoms with van der Waals surface area (Å²) in [4.78, 5) is 13.7. The molecule has 6 heteroatoms. The van der Waals surface area contributed by atoms with Gasteiger partial charge in [-0.05, 0) is 48.6 Å². The fourth-order valence-electron chi connectivity index (χ4n) is 7.13. The molecule has 1 fully saturated rings. The smallest absolute Gasteiger partial charge is 0.216 e. The summed E-state index contributed by atoms with van der Waals surface area (Å²) in [5.74, 6) is 8.67. The quantitative estimate of drug-likeness (QED) is 0.123. The number of benzene rings is 2. The van der Waals surface area contributed by atoms with Crippen LogP contribution in [0.3, 0.4) is 0 Å². The third-order valence-electron chi connectivity index (χ3n) is 9.64. The van der Waals surface area contributed by atoms with Crippen LogP contribution in [0.1, 0.15) is 76.8 Å². The number of pyridine rings is 3. The summed E-state index contributed by atoms with van der Waals surface area (Å²) in [6.07, 6.45) is 13.7. The van der Waals surface area contributed by atoms with Crippen molar-refractivity contribution in [3.63, 3.8) is 0 Å². The van der Waals surface area contributed by atoms with E-state index in [1.807, 2.05) is 48.7 Å². The Morgan fingerprint density at radius 2 is 1.63 bits per heavy atom. The molecule has 0 bridgehead atoms. The van der Waals surface area contributed by atoms with Crippen LogP contribution in [-0.4, -0.2) is 28.2 Å². The maximum atomic E-state index is 6.07. The van der Waals surface area contributed by atoms with Crippen molar-refractivity contribution in [1.82, 2.24) is 15.0 Å². The van der Waals surface area contributed by atoms with Gasteiger partial charge < -0.3 is 9.40 Å². The number of hydrogen-bond acceptors (Lipinski definition) is 4. The molecule has 2 aromatic carbocycles. The predicted octanol–water partition coefficient (Wildman–Crippen LogP) is 11.2. The van der Waals surface area contributed by atoms with Crippen LogP contribution in [0.4, 0.5) is 0 Å². The van der Waals surface area contributed by atoms with Gasteiger partial charge in [-0.15, -0.1) is 18.2 Å². The Hall–Kier alpha value is -3.12. The van der Waals surface area contributed by atoms with Crippen LogP contribution in [0.5, 0.6) is 0 Å². The van der Waals surface area contributed by atoms with Crippen molar-refractivity contribution in [2.45, 2.75) is 89.4 Å². The molecule has 257 valence electrons. The SMILES string of the molecule is CC(C)(C)Cc1cc(-c2[c-]cccc2)nc[c]1[Ge]([CH3])([CH3])[CH3].CC(c1ccnc(-c2[c-]ccc3c2oc2ncccc23)c1)C1CCCCC1.[Ir]. The minimum absolute atomic E-state index is 0. The van der Waals surface area contributed by atoms with Gasteiger partial charge in [-0.1, -0.05) is 48.8 Å². The van der Waals surface area contributed by atoms with E-state index in [9.17, 15) is 0 Å². The molecule has 4 aromatic heterocycles. The Morgan fingerprint density at radius 1 is 0.837 bits per heavy atom. The average Bonchev–Trinajstić information content (AvgIpc) is 3.47. The molecule has 7 rings (SSSR count). The second kappa shape index (κ2) is 15.8. The molecule has 6 aromatic rings. The van der Waals surface area contributed by atoms with Crippen LogP contribution in [-0.2, 0) is 26.5 Å². The second-order valence-corrected chi connectivity index (χ2v) is 26.3. The second-order valence-electron chi connectivity index (χ2n) is 15.7. The zero-order chi connectivity index (χ0) is 33.9. The number of hydrogen-bond donors (Lipinski definition) is 0. The van der Waals surface area contributed by atoms with E-state index in [1.165, 1.54) is 47.6 Å². The van der Waals surface area contributed by atoms with E-state index in [4.69, 9.17) is 9.40 Å². The molecule has 0 saturated heterocycles. The minimum atomic E-state index is -1.90. The van der Waals surface area contributed by atoms with Crippen molar-refractivity contribution in [1.29, 1.82) is 0 Å². The summed E-state index contributed by atoms with van der Waals surface area (Å²) in [7, 11) is 0. The molecule has 4 heterocycles. The Bertz CT molecular complexity index is 1980. The maximum Gasteiger partial charge on any atom is 0.216 e. The zero-order valence-electron chi connectivity index (χ0n) is 30.1. The molecule has 0 aliphatic heterocycles. The van der Waals surface area contributed by atoms with E-state index >= 15 is 0 Å². The summed E-state index contributed by atoms with van der Waals surface area (Å²) in [5.41, 5.74) is 8.61. The van der Waals surface area contributed by atoms with Crippen molar-refractivity contribution in [3.05, 3.63) is 109 Å². The Morgan fingerprint density at radius 3 is 2.35 bits per heavy atom. The molecule has 4 nitrogen and oxygen atoms in total. The van der Waals surface area contributed by atoms with Gasteiger partial charge in [0, 0.05) is 37.9 Å². The van der Waals surface area contributed by atoms with E-state index in [0.717, 1.165) is 51.2 Å². The van der Waals surface area contributed by atoms with E-state index in [-0.39, 0.29) is 20.1 Å². The van der Waals surface area contributed by atoms with Gasteiger partial charge in [-0.25, -0.2) is 4.98 Å². The summed E-state index contributed by atoms with van der Waals surface area (Å²) in [6.45, 7) is 9.29. The van der Waals surface area contributed by atoms with Gasteiger partial charge >= 0.3 is 132 Å². The predicted molar refractivity (Wildman–Crippen MR) is 203 cm³/mol. The molecule has 49 heavy (non-hydrogen) atoms. The number of rotatable bonds is 6. The molecule has 0 N–H and O–H groups in total. The van der Waals surface area contributed by atoms with Crippen molar-refractivity contribution in [2.75, 3.05) is 0 Å². The van der Waals surface area contributed by atoms with Gasteiger partial charge in [0.2, 0.25) is 5.71 Å². The Labute approximate surface area is 309 Å². The van der Waals surface area contributed by atoms with Crippen LogP contribution in [0.2, 0.25) is 17.3 Å². The van der Waals surface area contributed by atoms with E-state index in [0.29, 0.717) is 17.0 Å². The van der Waals surface area contributed by atoms with Crippen LogP contribution in [0, 0.1) is 23.5 Å². The largest absolute Gasteiger partial charge is 0.486 e. The van der Waals surface area contributed by atoms with Crippen LogP contribution in [0.15, 0.2) is 89.7 Å². The molecule has 1 radical (unpaired) electrons. The zero-order valence-corrected chi connectivity index (χ0v) is 34.6. The summed E-state index contributed by atoms with van der Waals surface area (Å²) in [6, 6.07) is 29.4. The van der Waals surface area contributed by atoms with Crippen molar-refractivity contribution in [2.24, 2.45) is 11.3 Å². The Kier molecular flexibility index (Phi) is 12.0. The van der Waals surface area contributed by atoms with Gasteiger partial charge in [0.25, 0.3) is 0 Å². The molecular formula is C43H49GeIrN3O-2. The van der Waals surface area contributed by atoms with Crippen molar-refractivity contribution >= 4 is 39.7 Å². The number of aromatic nitrogens is 3. The van der Waals surface area contributed by atoms with E-state index in [2.05, 4.69) is 97.5 Å². The number of furan rings is 1. The maximum absolute atomic E-state index is 6.07. The van der Waals surface area contributed by atoms with Gasteiger partial charge in [-0.2, -0.15) is 0 Å². The first-order chi connectivity index (χ1) is 23.0. The fourth-order valence-corrected chi connectivity index (χ4v) is 10.4. The first kappa shape index (κ1) is 37.1. The molecule has 1 unspecified atom stereocenters. The van der Waals surface area contributed by atoms with E-state index < -0.39 is 13.3 Å². The van der Waals surface area contributed by atoms with Gasteiger partial charge in [0.05, 0.1) is 5.58 Å². The molecule has 1 atom stereocenters. The molecule has 1 aliphatic rings. The monoisotopic (exact) mass is 890 g/mol. The molecule has 0 amide bonds. The van der Waals surface area contributed by atoms with Gasteiger partial charge in [0.15, 0.2) is 0 Å². The first-order valence-corrected chi connectivity index (χ1v) is 24.9. The molecular weight excluding hydrogens is 839 g/mol. The third kappa shape index (κ3) is 8.98. The van der Waals surface area contributed by atoms with Crippen molar-refractivity contribution in [3.8, 4) is 22.5 Å². The summed E-state index contributed by atoms with van der Waals surface area (Å²) < 4.78 is 7.60. The molecule has 0 spiro atoms. The third-order valence-corrected chi connectivity index (χ3v) is 14.0. The summed E-state index contributed by atoms with van der Waals surface area (Å²) >= 11 is -1.90. The first-order valence-electron chi connectivity index (χ1n) is 17.6.